The Balaban J connectivity index is 1.38. The second-order valence-electron chi connectivity index (χ2n) is 6.93. The maximum absolute atomic E-state index is 13.8. The number of hydrogen-bond acceptors (Lipinski definition) is 2. The summed E-state index contributed by atoms with van der Waals surface area (Å²) in [6.07, 6.45) is 4.96. The highest BCUT2D eigenvalue weighted by atomic mass is 19.1. The first-order valence-corrected chi connectivity index (χ1v) is 8.11. The number of rotatable bonds is 3. The molecular formula is C17H20F2N2O. The number of benzene rings is 1. The highest BCUT2D eigenvalue weighted by molar-refractivity contribution is 5.83. The van der Waals surface area contributed by atoms with Crippen molar-refractivity contribution in [1.29, 1.82) is 0 Å². The van der Waals surface area contributed by atoms with E-state index in [0.29, 0.717) is 24.1 Å². The van der Waals surface area contributed by atoms with Crippen LogP contribution in [0.3, 0.4) is 0 Å². The van der Waals surface area contributed by atoms with Crippen molar-refractivity contribution in [2.24, 2.45) is 5.92 Å². The molecule has 1 saturated carbocycles. The van der Waals surface area contributed by atoms with Crippen LogP contribution in [-0.2, 0) is 4.79 Å². The first-order valence-electron chi connectivity index (χ1n) is 8.11. The van der Waals surface area contributed by atoms with Gasteiger partial charge in [0.05, 0.1) is 0 Å². The van der Waals surface area contributed by atoms with E-state index in [-0.39, 0.29) is 23.8 Å². The Labute approximate surface area is 128 Å². The van der Waals surface area contributed by atoms with Crippen LogP contribution in [0.1, 0.15) is 43.6 Å². The summed E-state index contributed by atoms with van der Waals surface area (Å²) in [4.78, 5) is 12.3. The van der Waals surface area contributed by atoms with E-state index in [2.05, 4.69) is 10.6 Å². The van der Waals surface area contributed by atoms with Crippen LogP contribution in [0.2, 0.25) is 0 Å². The van der Waals surface area contributed by atoms with E-state index in [9.17, 15) is 13.6 Å². The van der Waals surface area contributed by atoms with Gasteiger partial charge in [0.1, 0.15) is 11.6 Å². The Kier molecular flexibility index (Phi) is 3.40. The molecule has 1 aromatic carbocycles. The van der Waals surface area contributed by atoms with Crippen LogP contribution in [0.25, 0.3) is 0 Å². The van der Waals surface area contributed by atoms with E-state index in [1.165, 1.54) is 18.9 Å². The van der Waals surface area contributed by atoms with Crippen molar-refractivity contribution >= 4 is 5.91 Å². The average molecular weight is 306 g/mol. The molecular weight excluding hydrogens is 286 g/mol. The normalized spacial score (nSPS) is 36.2. The molecule has 22 heavy (non-hydrogen) atoms. The van der Waals surface area contributed by atoms with Gasteiger partial charge in [-0.1, -0.05) is 0 Å². The van der Waals surface area contributed by atoms with Gasteiger partial charge in [0.25, 0.3) is 0 Å². The average Bonchev–Trinajstić information content (AvgIpc) is 3.21. The molecule has 2 aliphatic heterocycles. The summed E-state index contributed by atoms with van der Waals surface area (Å²) in [6.45, 7) is 0. The lowest BCUT2D eigenvalue weighted by atomic mass is 9.99. The quantitative estimate of drug-likeness (QED) is 0.901. The van der Waals surface area contributed by atoms with Crippen molar-refractivity contribution < 1.29 is 13.6 Å². The SMILES string of the molecule is O=C(NC1CC2CCC(C1)N2)C1CC1c1cc(F)ccc1F. The van der Waals surface area contributed by atoms with Crippen molar-refractivity contribution in [3.05, 3.63) is 35.4 Å². The molecule has 1 aromatic rings. The van der Waals surface area contributed by atoms with Crippen LogP contribution in [0.15, 0.2) is 18.2 Å². The number of halogens is 2. The third-order valence-electron chi connectivity index (χ3n) is 5.30. The van der Waals surface area contributed by atoms with Gasteiger partial charge in [-0.05, 0) is 61.8 Å². The highest BCUT2D eigenvalue weighted by Crippen LogP contribution is 2.48. The van der Waals surface area contributed by atoms with Gasteiger partial charge in [-0.3, -0.25) is 4.79 Å². The summed E-state index contributed by atoms with van der Waals surface area (Å²) in [5.41, 5.74) is 0.338. The molecule has 1 aliphatic carbocycles. The van der Waals surface area contributed by atoms with Crippen molar-refractivity contribution in [2.75, 3.05) is 0 Å². The van der Waals surface area contributed by atoms with Crippen molar-refractivity contribution in [2.45, 2.75) is 56.1 Å². The molecule has 4 rings (SSSR count). The number of carbonyl (C=O) groups excluding carboxylic acids is 1. The number of fused-ring (bicyclic) bond motifs is 2. The minimum absolute atomic E-state index is 0.0000359. The van der Waals surface area contributed by atoms with Crippen molar-refractivity contribution in [3.63, 3.8) is 0 Å². The maximum atomic E-state index is 13.8. The zero-order valence-corrected chi connectivity index (χ0v) is 12.3. The molecule has 0 aromatic heterocycles. The van der Waals surface area contributed by atoms with Gasteiger partial charge in [0, 0.05) is 24.0 Å². The van der Waals surface area contributed by atoms with E-state index in [4.69, 9.17) is 0 Å². The lowest BCUT2D eigenvalue weighted by molar-refractivity contribution is -0.123. The van der Waals surface area contributed by atoms with E-state index >= 15 is 0 Å². The first-order chi connectivity index (χ1) is 10.6. The van der Waals surface area contributed by atoms with Crippen LogP contribution in [0.4, 0.5) is 8.78 Å². The van der Waals surface area contributed by atoms with Crippen LogP contribution >= 0.6 is 0 Å². The number of amides is 1. The third-order valence-corrected chi connectivity index (χ3v) is 5.30. The smallest absolute Gasteiger partial charge is 0.223 e. The molecule has 2 saturated heterocycles. The summed E-state index contributed by atoms with van der Waals surface area (Å²) >= 11 is 0. The lowest BCUT2D eigenvalue weighted by Gasteiger charge is -2.29. The Morgan fingerprint density at radius 3 is 2.59 bits per heavy atom. The van der Waals surface area contributed by atoms with E-state index in [1.807, 2.05) is 0 Å². The Hall–Kier alpha value is -1.49. The summed E-state index contributed by atoms with van der Waals surface area (Å²) in [7, 11) is 0. The Morgan fingerprint density at radius 2 is 1.86 bits per heavy atom. The summed E-state index contributed by atoms with van der Waals surface area (Å²) in [5.74, 6) is -1.24. The van der Waals surface area contributed by atoms with Gasteiger partial charge in [0.2, 0.25) is 5.91 Å². The van der Waals surface area contributed by atoms with Gasteiger partial charge >= 0.3 is 0 Å². The fourth-order valence-corrected chi connectivity index (χ4v) is 4.11. The second-order valence-corrected chi connectivity index (χ2v) is 6.93. The van der Waals surface area contributed by atoms with Gasteiger partial charge in [-0.15, -0.1) is 0 Å². The van der Waals surface area contributed by atoms with E-state index in [1.54, 1.807) is 0 Å². The molecule has 4 unspecified atom stereocenters. The molecule has 0 radical (unpaired) electrons. The topological polar surface area (TPSA) is 41.1 Å². The first kappa shape index (κ1) is 14.1. The molecule has 2 bridgehead atoms. The largest absolute Gasteiger partial charge is 0.353 e. The number of carbonyl (C=O) groups is 1. The van der Waals surface area contributed by atoms with Gasteiger partial charge in [-0.25, -0.2) is 8.78 Å². The number of piperidine rings is 1. The molecule has 3 fully saturated rings. The monoisotopic (exact) mass is 306 g/mol. The second kappa shape index (κ2) is 5.30. The van der Waals surface area contributed by atoms with Crippen molar-refractivity contribution in [3.8, 4) is 0 Å². The molecule has 1 amide bonds. The molecule has 4 atom stereocenters. The minimum Gasteiger partial charge on any atom is -0.353 e. The zero-order chi connectivity index (χ0) is 15.3. The van der Waals surface area contributed by atoms with Crippen LogP contribution in [0.5, 0.6) is 0 Å². The van der Waals surface area contributed by atoms with Gasteiger partial charge < -0.3 is 10.6 Å². The summed E-state index contributed by atoms with van der Waals surface area (Å²) in [6, 6.07) is 4.76. The van der Waals surface area contributed by atoms with Crippen molar-refractivity contribution in [1.82, 2.24) is 10.6 Å². The Morgan fingerprint density at radius 1 is 1.14 bits per heavy atom. The summed E-state index contributed by atoms with van der Waals surface area (Å²) < 4.78 is 27.0. The molecule has 2 heterocycles. The number of nitrogens with one attached hydrogen (secondary N) is 2. The zero-order valence-electron chi connectivity index (χ0n) is 12.3. The molecule has 0 spiro atoms. The predicted octanol–water partition coefficient (Wildman–Crippen LogP) is 2.47. The third kappa shape index (κ3) is 2.62. The maximum Gasteiger partial charge on any atom is 0.223 e. The Bertz CT molecular complexity index is 594. The van der Waals surface area contributed by atoms with Gasteiger partial charge in [-0.2, -0.15) is 0 Å². The molecule has 3 aliphatic rings. The molecule has 5 heteroatoms. The van der Waals surface area contributed by atoms with Crippen LogP contribution in [0, 0.1) is 17.6 Å². The van der Waals surface area contributed by atoms with Crippen LogP contribution in [-0.4, -0.2) is 24.0 Å². The lowest BCUT2D eigenvalue weighted by Crippen LogP contribution is -2.48. The fraction of sp³-hybridized carbons (Fsp3) is 0.588. The van der Waals surface area contributed by atoms with Gasteiger partial charge in [0.15, 0.2) is 0 Å². The van der Waals surface area contributed by atoms with E-state index < -0.39 is 11.6 Å². The molecule has 3 nitrogen and oxygen atoms in total. The summed E-state index contributed by atoms with van der Waals surface area (Å²) in [5, 5.41) is 6.66. The highest BCUT2D eigenvalue weighted by Gasteiger charge is 2.46. The predicted molar refractivity (Wildman–Crippen MR) is 78.3 cm³/mol. The minimum atomic E-state index is -0.447. The van der Waals surface area contributed by atoms with Crippen LogP contribution < -0.4 is 10.6 Å². The molecule has 118 valence electrons. The standard InChI is InChI=1S/C17H20F2N2O/c18-9-1-4-16(19)14(5-9)13-8-15(13)17(22)21-12-6-10-2-3-11(7-12)20-10/h1,4-5,10-13,15,20H,2-3,6-8H2,(H,21,22). The molecule has 2 N–H and O–H groups in total. The number of hydrogen-bond donors (Lipinski definition) is 2. The fourth-order valence-electron chi connectivity index (χ4n) is 4.11. The van der Waals surface area contributed by atoms with E-state index in [0.717, 1.165) is 25.0 Å².